The Morgan fingerprint density at radius 1 is 0.270 bits per heavy atom. The van der Waals surface area contributed by atoms with Crippen LogP contribution in [0.2, 0.25) is 0 Å². The molecule has 0 fully saturated rings. The lowest BCUT2D eigenvalue weighted by atomic mass is 10.0. The van der Waals surface area contributed by atoms with Crippen molar-refractivity contribution >= 4 is 17.9 Å². The number of ether oxygens (including phenoxy) is 3. The van der Waals surface area contributed by atoms with Gasteiger partial charge in [-0.15, -0.1) is 0 Å². The van der Waals surface area contributed by atoms with Crippen molar-refractivity contribution in [1.29, 1.82) is 0 Å². The summed E-state index contributed by atoms with van der Waals surface area (Å²) in [5.41, 5.74) is 0. The Morgan fingerprint density at radius 3 is 0.784 bits per heavy atom. The van der Waals surface area contributed by atoms with Crippen LogP contribution < -0.4 is 0 Å². The van der Waals surface area contributed by atoms with Crippen LogP contribution in [0.25, 0.3) is 0 Å². The van der Waals surface area contributed by atoms with Crippen molar-refractivity contribution in [2.24, 2.45) is 0 Å². The number of carbonyl (C=O) groups excluding carboxylic acids is 3. The van der Waals surface area contributed by atoms with Crippen LogP contribution in [0.1, 0.15) is 335 Å². The molecule has 0 aliphatic heterocycles. The lowest BCUT2D eigenvalue weighted by molar-refractivity contribution is -0.167. The maximum absolute atomic E-state index is 12.9. The first-order chi connectivity index (χ1) is 36.5. The first kappa shape index (κ1) is 71.1. The van der Waals surface area contributed by atoms with E-state index < -0.39 is 6.10 Å². The average molecular weight is 1040 g/mol. The van der Waals surface area contributed by atoms with Crippen LogP contribution >= 0.6 is 0 Å². The van der Waals surface area contributed by atoms with Crippen molar-refractivity contribution in [1.82, 2.24) is 0 Å². The third-order valence-corrected chi connectivity index (χ3v) is 14.2. The zero-order valence-corrected chi connectivity index (χ0v) is 49.4. The molecule has 1 unspecified atom stereocenters. The van der Waals surface area contributed by atoms with E-state index in [0.29, 0.717) is 19.3 Å². The van der Waals surface area contributed by atoms with Crippen molar-refractivity contribution in [2.75, 3.05) is 13.2 Å². The van der Waals surface area contributed by atoms with Gasteiger partial charge in [0, 0.05) is 19.3 Å². The lowest BCUT2D eigenvalue weighted by Gasteiger charge is -2.18. The number of rotatable bonds is 59. The molecule has 0 rings (SSSR count). The van der Waals surface area contributed by atoms with Crippen LogP contribution in [0.15, 0.2) is 60.8 Å². The van der Waals surface area contributed by atoms with Crippen molar-refractivity contribution in [3.05, 3.63) is 60.8 Å². The summed E-state index contributed by atoms with van der Waals surface area (Å²) in [6, 6.07) is 0. The molecule has 0 amide bonds. The third kappa shape index (κ3) is 60.0. The van der Waals surface area contributed by atoms with Gasteiger partial charge in [-0.2, -0.15) is 0 Å². The van der Waals surface area contributed by atoms with Crippen molar-refractivity contribution < 1.29 is 28.6 Å². The topological polar surface area (TPSA) is 78.9 Å². The zero-order chi connectivity index (χ0) is 53.6. The monoisotopic (exact) mass is 1030 g/mol. The molecular weight excluding hydrogens is 913 g/mol. The Hall–Kier alpha value is -2.89. The summed E-state index contributed by atoms with van der Waals surface area (Å²) < 4.78 is 16.9. The number of hydrogen-bond acceptors (Lipinski definition) is 6. The van der Waals surface area contributed by atoms with E-state index in [-0.39, 0.29) is 31.1 Å². The maximum atomic E-state index is 12.9. The summed E-state index contributed by atoms with van der Waals surface area (Å²) >= 11 is 0. The molecule has 0 aromatic carbocycles. The highest BCUT2D eigenvalue weighted by Crippen LogP contribution is 2.16. The molecule has 74 heavy (non-hydrogen) atoms. The molecule has 0 saturated heterocycles. The first-order valence-electron chi connectivity index (χ1n) is 32.3. The molecule has 0 radical (unpaired) electrons. The molecular formula is C68H122O6. The molecule has 0 aliphatic rings. The predicted octanol–water partition coefficient (Wildman–Crippen LogP) is 21.9. The fourth-order valence-electron chi connectivity index (χ4n) is 9.32. The van der Waals surface area contributed by atoms with Crippen LogP contribution in [0.3, 0.4) is 0 Å². The van der Waals surface area contributed by atoms with Crippen molar-refractivity contribution in [3.63, 3.8) is 0 Å². The summed E-state index contributed by atoms with van der Waals surface area (Å²) in [6.45, 7) is 6.62. The normalized spacial score (nSPS) is 12.4. The molecule has 430 valence electrons. The Labute approximate surface area is 460 Å². The van der Waals surface area contributed by atoms with Gasteiger partial charge in [0.1, 0.15) is 13.2 Å². The summed E-state index contributed by atoms with van der Waals surface area (Å²) in [5.74, 6) is -0.878. The van der Waals surface area contributed by atoms with E-state index in [1.165, 1.54) is 218 Å². The van der Waals surface area contributed by atoms with Crippen LogP contribution in [0.4, 0.5) is 0 Å². The van der Waals surface area contributed by atoms with Gasteiger partial charge in [-0.25, -0.2) is 0 Å². The number of carbonyl (C=O) groups is 3. The second-order valence-corrected chi connectivity index (χ2v) is 21.7. The van der Waals surface area contributed by atoms with Gasteiger partial charge in [-0.1, -0.05) is 268 Å². The number of allylic oxidation sites excluding steroid dienone is 10. The van der Waals surface area contributed by atoms with Gasteiger partial charge in [0.15, 0.2) is 6.10 Å². The van der Waals surface area contributed by atoms with Gasteiger partial charge < -0.3 is 14.2 Å². The minimum absolute atomic E-state index is 0.0779. The minimum Gasteiger partial charge on any atom is -0.462 e. The number of unbranched alkanes of at least 4 members (excludes halogenated alkanes) is 38. The molecule has 6 nitrogen and oxygen atoms in total. The van der Waals surface area contributed by atoms with E-state index in [2.05, 4.69) is 81.5 Å². The van der Waals surface area contributed by atoms with E-state index in [9.17, 15) is 14.4 Å². The van der Waals surface area contributed by atoms with E-state index in [4.69, 9.17) is 14.2 Å². The second kappa shape index (κ2) is 62.6. The smallest absolute Gasteiger partial charge is 0.306 e. The summed E-state index contributed by atoms with van der Waals surface area (Å²) in [7, 11) is 0. The number of esters is 3. The molecule has 0 aromatic rings. The predicted molar refractivity (Wildman–Crippen MR) is 321 cm³/mol. The van der Waals surface area contributed by atoms with E-state index in [1.807, 2.05) is 0 Å². The average Bonchev–Trinajstić information content (AvgIpc) is 3.40. The second-order valence-electron chi connectivity index (χ2n) is 21.7. The molecule has 0 bridgehead atoms. The van der Waals surface area contributed by atoms with Gasteiger partial charge in [-0.3, -0.25) is 14.4 Å². The Kier molecular flexibility index (Phi) is 60.2. The fourth-order valence-corrected chi connectivity index (χ4v) is 9.32. The summed E-state index contributed by atoms with van der Waals surface area (Å²) in [4.78, 5) is 38.3. The molecule has 1 atom stereocenters. The van der Waals surface area contributed by atoms with E-state index in [0.717, 1.165) is 77.0 Å². The Morgan fingerprint density at radius 2 is 0.486 bits per heavy atom. The van der Waals surface area contributed by atoms with Crippen molar-refractivity contribution in [2.45, 2.75) is 341 Å². The molecule has 0 heterocycles. The highest BCUT2D eigenvalue weighted by Gasteiger charge is 2.19. The van der Waals surface area contributed by atoms with Gasteiger partial charge in [-0.05, 0) is 109 Å². The quantitative estimate of drug-likeness (QED) is 0.0261. The lowest BCUT2D eigenvalue weighted by Crippen LogP contribution is -2.30. The largest absolute Gasteiger partial charge is 0.462 e. The molecule has 0 spiro atoms. The standard InChI is InChI=1S/C68H122O6/c1-4-7-10-13-16-19-22-25-27-29-31-33-34-36-37-39-41-43-46-49-52-55-58-61-67(70)73-64-65(63-72-66(69)60-57-54-51-48-45-24-21-18-15-12-9-6-3)74-68(71)62-59-56-53-50-47-44-42-40-38-35-32-30-28-26-23-20-17-14-11-8-5-2/h18,21-23,25-26,29-32,65H,4-17,19-20,24,27-28,33-64H2,1-3H3/b21-18-,25-22-,26-23-,31-29-,32-30-. The van der Waals surface area contributed by atoms with Crippen LogP contribution in [-0.2, 0) is 28.6 Å². The van der Waals surface area contributed by atoms with E-state index >= 15 is 0 Å². The molecule has 0 saturated carbocycles. The SMILES string of the molecule is CCCCC/C=C\CCCCCCCC(=O)OCC(COC(=O)CCCCCCCCCCCCC/C=C\C/C=C\CCCCCCC)OC(=O)CCCCCCCCCCC/C=C\C/C=C\CCCCCCC. The van der Waals surface area contributed by atoms with Gasteiger partial charge in [0.05, 0.1) is 0 Å². The Balaban J connectivity index is 4.30. The summed E-state index contributed by atoms with van der Waals surface area (Å²) in [6.07, 6.45) is 79.4. The van der Waals surface area contributed by atoms with Gasteiger partial charge in [0.25, 0.3) is 0 Å². The third-order valence-electron chi connectivity index (χ3n) is 14.2. The first-order valence-corrected chi connectivity index (χ1v) is 32.3. The fraction of sp³-hybridized carbons (Fsp3) is 0.809. The van der Waals surface area contributed by atoms with Gasteiger partial charge in [0.2, 0.25) is 0 Å². The molecule has 0 aromatic heterocycles. The molecule has 6 heteroatoms. The molecule has 0 N–H and O–H groups in total. The van der Waals surface area contributed by atoms with Crippen LogP contribution in [-0.4, -0.2) is 37.2 Å². The van der Waals surface area contributed by atoms with Crippen LogP contribution in [0, 0.1) is 0 Å². The van der Waals surface area contributed by atoms with Crippen LogP contribution in [0.5, 0.6) is 0 Å². The Bertz CT molecular complexity index is 1330. The number of hydrogen-bond donors (Lipinski definition) is 0. The van der Waals surface area contributed by atoms with E-state index in [1.54, 1.807) is 0 Å². The highest BCUT2D eigenvalue weighted by atomic mass is 16.6. The minimum atomic E-state index is -0.781. The molecule has 0 aliphatic carbocycles. The zero-order valence-electron chi connectivity index (χ0n) is 49.4. The summed E-state index contributed by atoms with van der Waals surface area (Å²) in [5, 5.41) is 0. The maximum Gasteiger partial charge on any atom is 0.306 e. The van der Waals surface area contributed by atoms with Gasteiger partial charge >= 0.3 is 17.9 Å². The highest BCUT2D eigenvalue weighted by molar-refractivity contribution is 5.71. The van der Waals surface area contributed by atoms with Crippen molar-refractivity contribution in [3.8, 4) is 0 Å².